The zero-order valence-electron chi connectivity index (χ0n) is 15.0. The third-order valence-corrected chi connectivity index (χ3v) is 6.66. The molecular weight excluding hydrogens is 439 g/mol. The smallest absolute Gasteiger partial charge is 0.339 e. The first-order chi connectivity index (χ1) is 13.3. The van der Waals surface area contributed by atoms with E-state index in [0.717, 1.165) is 36.1 Å². The Morgan fingerprint density at radius 1 is 1.36 bits per heavy atom. The summed E-state index contributed by atoms with van der Waals surface area (Å²) in [5.41, 5.74) is 1.39. The van der Waals surface area contributed by atoms with E-state index in [1.807, 2.05) is 0 Å². The quantitative estimate of drug-likeness (QED) is 0.513. The number of thiophene rings is 1. The van der Waals surface area contributed by atoms with Crippen molar-refractivity contribution in [3.05, 3.63) is 49.8 Å². The molecule has 0 bridgehead atoms. The summed E-state index contributed by atoms with van der Waals surface area (Å²) in [6.07, 6.45) is 3.77. The van der Waals surface area contributed by atoms with Crippen LogP contribution in [0.3, 0.4) is 0 Å². The van der Waals surface area contributed by atoms with Gasteiger partial charge in [-0.1, -0.05) is 30.1 Å². The molecule has 9 heteroatoms. The van der Waals surface area contributed by atoms with Crippen molar-refractivity contribution in [1.82, 2.24) is 5.32 Å². The summed E-state index contributed by atoms with van der Waals surface area (Å²) in [7, 11) is 0. The number of aromatic carboxylic acids is 1. The molecule has 148 valence electrons. The van der Waals surface area contributed by atoms with Crippen molar-refractivity contribution in [3.63, 3.8) is 0 Å². The molecule has 0 radical (unpaired) electrons. The van der Waals surface area contributed by atoms with Gasteiger partial charge in [-0.05, 0) is 67.6 Å². The highest BCUT2D eigenvalue weighted by molar-refractivity contribution is 7.80. The van der Waals surface area contributed by atoms with E-state index in [4.69, 9.17) is 35.4 Å². The Hall–Kier alpha value is -1.67. The van der Waals surface area contributed by atoms with Crippen molar-refractivity contribution in [2.24, 2.45) is 0 Å². The summed E-state index contributed by atoms with van der Waals surface area (Å²) in [4.78, 5) is 25.4. The monoisotopic (exact) mass is 456 g/mol. The number of halogens is 2. The largest absolute Gasteiger partial charge is 0.478 e. The van der Waals surface area contributed by atoms with Gasteiger partial charge in [0.25, 0.3) is 5.91 Å². The highest BCUT2D eigenvalue weighted by Gasteiger charge is 2.30. The van der Waals surface area contributed by atoms with Crippen LogP contribution in [0.15, 0.2) is 18.2 Å². The number of carboxylic acid groups (broad SMARTS) is 1. The van der Waals surface area contributed by atoms with Crippen molar-refractivity contribution < 1.29 is 14.7 Å². The molecule has 1 aromatic heterocycles. The van der Waals surface area contributed by atoms with E-state index >= 15 is 0 Å². The molecule has 0 saturated carbocycles. The number of carbonyl (C=O) groups excluding carboxylic acids is 1. The number of amides is 1. The van der Waals surface area contributed by atoms with Crippen LogP contribution in [0, 0.1) is 0 Å². The van der Waals surface area contributed by atoms with Crippen LogP contribution < -0.4 is 10.6 Å². The number of hydrogen-bond donors (Lipinski definition) is 3. The first-order valence-electron chi connectivity index (χ1n) is 8.78. The first kappa shape index (κ1) is 21.0. The Morgan fingerprint density at radius 2 is 2.11 bits per heavy atom. The molecule has 0 saturated heterocycles. The molecule has 28 heavy (non-hydrogen) atoms. The van der Waals surface area contributed by atoms with Crippen molar-refractivity contribution in [2.45, 2.75) is 38.5 Å². The molecule has 2 aromatic rings. The van der Waals surface area contributed by atoms with E-state index in [1.54, 1.807) is 6.07 Å². The summed E-state index contributed by atoms with van der Waals surface area (Å²) in [5.74, 6) is -1.25. The lowest BCUT2D eigenvalue weighted by molar-refractivity contribution is 0.0696. The zero-order valence-corrected chi connectivity index (χ0v) is 18.1. The van der Waals surface area contributed by atoms with Gasteiger partial charge < -0.3 is 10.4 Å². The lowest BCUT2D eigenvalue weighted by atomic mass is 9.83. The van der Waals surface area contributed by atoms with Crippen molar-refractivity contribution in [3.8, 4) is 0 Å². The molecule has 1 atom stereocenters. The number of rotatable bonds is 4. The fraction of sp³-hybridized carbons (Fsp3) is 0.316. The van der Waals surface area contributed by atoms with E-state index in [0.29, 0.717) is 10.0 Å². The number of fused-ring (bicyclic) bond motifs is 1. The molecule has 0 aliphatic heterocycles. The second kappa shape index (κ2) is 8.78. The lowest BCUT2D eigenvalue weighted by Crippen LogP contribution is -2.34. The Bertz CT molecular complexity index is 959. The average molecular weight is 457 g/mol. The minimum absolute atomic E-state index is 0.0187. The van der Waals surface area contributed by atoms with Gasteiger partial charge in [0.15, 0.2) is 5.11 Å². The number of benzene rings is 1. The van der Waals surface area contributed by atoms with Crippen molar-refractivity contribution >= 4 is 68.7 Å². The van der Waals surface area contributed by atoms with Gasteiger partial charge in [-0.15, -0.1) is 11.3 Å². The summed E-state index contributed by atoms with van der Waals surface area (Å²) in [6.45, 7) is 2.07. The van der Waals surface area contributed by atoms with Crippen LogP contribution in [-0.4, -0.2) is 22.1 Å². The third-order valence-electron chi connectivity index (χ3n) is 4.72. The fourth-order valence-electron chi connectivity index (χ4n) is 3.45. The summed E-state index contributed by atoms with van der Waals surface area (Å²) < 4.78 is 0. The van der Waals surface area contributed by atoms with E-state index in [-0.39, 0.29) is 27.2 Å². The second-order valence-corrected chi connectivity index (χ2v) is 8.84. The molecule has 0 spiro atoms. The Kier molecular flexibility index (Phi) is 6.60. The van der Waals surface area contributed by atoms with Crippen LogP contribution >= 0.6 is 46.8 Å². The fourth-order valence-corrected chi connectivity index (χ4v) is 5.53. The minimum Gasteiger partial charge on any atom is -0.478 e. The van der Waals surface area contributed by atoms with Gasteiger partial charge in [0.05, 0.1) is 16.1 Å². The number of carboxylic acids is 1. The number of thiocarbonyl (C=S) groups is 1. The molecular formula is C19H18Cl2N2O3S2. The molecule has 0 fully saturated rings. The zero-order chi connectivity index (χ0) is 20.4. The van der Waals surface area contributed by atoms with Gasteiger partial charge >= 0.3 is 5.97 Å². The molecule has 1 heterocycles. The van der Waals surface area contributed by atoms with Crippen LogP contribution in [0.2, 0.25) is 10.0 Å². The Balaban J connectivity index is 1.81. The standard InChI is InChI=1S/C19H18Cl2N2O3S2/c1-2-9-4-3-5-13-14(9)15(18(25)26)17(28-13)23-19(27)22-16(24)11-7-6-10(20)8-12(11)21/h6-9H,2-5H2,1H3,(H,25,26)(H2,22,23,24,27). The van der Waals surface area contributed by atoms with Crippen LogP contribution in [0.5, 0.6) is 0 Å². The summed E-state index contributed by atoms with van der Waals surface area (Å²) >= 11 is 18.5. The van der Waals surface area contributed by atoms with Gasteiger partial charge in [-0.3, -0.25) is 10.1 Å². The van der Waals surface area contributed by atoms with Gasteiger partial charge in [0.1, 0.15) is 5.00 Å². The SMILES string of the molecule is CCC1CCCc2sc(NC(=S)NC(=O)c3ccc(Cl)cc3Cl)c(C(=O)O)c21. The highest BCUT2D eigenvalue weighted by Crippen LogP contribution is 2.44. The predicted octanol–water partition coefficient (Wildman–Crippen LogP) is 5.71. The van der Waals surface area contributed by atoms with Crippen molar-refractivity contribution in [1.29, 1.82) is 0 Å². The molecule has 5 nitrogen and oxygen atoms in total. The number of nitrogens with one attached hydrogen (secondary N) is 2. The molecule has 1 aliphatic rings. The first-order valence-corrected chi connectivity index (χ1v) is 10.8. The third kappa shape index (κ3) is 4.33. The average Bonchev–Trinajstić information content (AvgIpc) is 2.99. The van der Waals surface area contributed by atoms with Crippen LogP contribution in [0.4, 0.5) is 5.00 Å². The molecule has 1 aromatic carbocycles. The van der Waals surface area contributed by atoms with E-state index in [9.17, 15) is 14.7 Å². The highest BCUT2D eigenvalue weighted by atomic mass is 35.5. The van der Waals surface area contributed by atoms with Gasteiger partial charge in [-0.2, -0.15) is 0 Å². The van der Waals surface area contributed by atoms with Crippen LogP contribution in [0.1, 0.15) is 63.3 Å². The number of anilines is 1. The minimum atomic E-state index is -0.991. The summed E-state index contributed by atoms with van der Waals surface area (Å²) in [6, 6.07) is 4.52. The Labute approximate surface area is 182 Å². The second-order valence-electron chi connectivity index (χ2n) is 6.48. The number of hydrogen-bond acceptors (Lipinski definition) is 4. The molecule has 1 unspecified atom stereocenters. The van der Waals surface area contributed by atoms with Gasteiger partial charge in [0, 0.05) is 9.90 Å². The van der Waals surface area contributed by atoms with Crippen molar-refractivity contribution in [2.75, 3.05) is 5.32 Å². The normalized spacial score (nSPS) is 15.6. The van der Waals surface area contributed by atoms with E-state index < -0.39 is 11.9 Å². The molecule has 3 rings (SSSR count). The van der Waals surface area contributed by atoms with Crippen LogP contribution in [-0.2, 0) is 6.42 Å². The predicted molar refractivity (Wildman–Crippen MR) is 117 cm³/mol. The summed E-state index contributed by atoms with van der Waals surface area (Å²) in [5, 5.41) is 16.3. The Morgan fingerprint density at radius 3 is 2.75 bits per heavy atom. The number of aryl methyl sites for hydroxylation is 1. The molecule has 1 amide bonds. The van der Waals surface area contributed by atoms with E-state index in [1.165, 1.54) is 23.5 Å². The van der Waals surface area contributed by atoms with Crippen LogP contribution in [0.25, 0.3) is 0 Å². The molecule has 3 N–H and O–H groups in total. The molecule has 1 aliphatic carbocycles. The maximum atomic E-state index is 12.4. The van der Waals surface area contributed by atoms with Gasteiger partial charge in [0.2, 0.25) is 0 Å². The topological polar surface area (TPSA) is 78.4 Å². The maximum Gasteiger partial charge on any atom is 0.339 e. The lowest BCUT2D eigenvalue weighted by Gasteiger charge is -2.21. The van der Waals surface area contributed by atoms with Gasteiger partial charge in [-0.25, -0.2) is 4.79 Å². The number of carbonyl (C=O) groups is 2. The maximum absolute atomic E-state index is 12.4. The van der Waals surface area contributed by atoms with E-state index in [2.05, 4.69) is 17.6 Å².